The Morgan fingerprint density at radius 3 is 1.92 bits per heavy atom. The number of rotatable bonds is 1. The van der Waals surface area contributed by atoms with Crippen LogP contribution in [-0.4, -0.2) is 4.98 Å². The van der Waals surface area contributed by atoms with E-state index in [9.17, 15) is 0 Å². The van der Waals surface area contributed by atoms with Crippen molar-refractivity contribution in [3.63, 3.8) is 0 Å². The fourth-order valence-corrected chi connectivity index (χ4v) is 4.20. The first-order valence-corrected chi connectivity index (χ1v) is 8.75. The van der Waals surface area contributed by atoms with Crippen molar-refractivity contribution in [2.75, 3.05) is 0 Å². The molecule has 3 aromatic rings. The maximum absolute atomic E-state index is 8.26. The van der Waals surface area contributed by atoms with E-state index in [0.29, 0.717) is 5.69 Å². The molecule has 1 aliphatic rings. The van der Waals surface area contributed by atoms with Crippen molar-refractivity contribution < 1.29 is 6.85 Å². The maximum atomic E-state index is 8.26. The Hall–Kier alpha value is -2.15. The van der Waals surface area contributed by atoms with Gasteiger partial charge in [0, 0.05) is 17.1 Å². The molecule has 1 aliphatic carbocycles. The van der Waals surface area contributed by atoms with E-state index in [2.05, 4.69) is 58.7 Å². The molecule has 1 heterocycles. The molecule has 0 N–H and O–H groups in total. The zero-order chi connectivity index (χ0) is 22.4. The van der Waals surface area contributed by atoms with Gasteiger partial charge in [0.05, 0.1) is 12.5 Å². The van der Waals surface area contributed by atoms with Crippen molar-refractivity contribution in [2.24, 2.45) is 5.41 Å². The molecule has 0 unspecified atom stereocenters. The second-order valence-corrected chi connectivity index (χ2v) is 8.69. The standard InChI is InChI=1S/C24H27N/c1-22(2)19-12-17-14-21(16-10-8-7-9-11-16)25-15-18(17)13-20(19)23(3,4)24(22,5)6/h7-15H,1-6H3/i7D,8D,9D,10D,11D. The zero-order valence-corrected chi connectivity index (χ0v) is 15.8. The molecule has 0 radical (unpaired) electrons. The summed E-state index contributed by atoms with van der Waals surface area (Å²) >= 11 is 0. The molecule has 1 heteroatoms. The third-order valence-corrected chi connectivity index (χ3v) is 7.09. The topological polar surface area (TPSA) is 12.9 Å². The molecule has 4 rings (SSSR count). The molecule has 1 aromatic heterocycles. The minimum atomic E-state index is -0.390. The van der Waals surface area contributed by atoms with Crippen molar-refractivity contribution in [3.8, 4) is 11.3 Å². The molecule has 0 saturated carbocycles. The van der Waals surface area contributed by atoms with E-state index in [4.69, 9.17) is 6.85 Å². The summed E-state index contributed by atoms with van der Waals surface area (Å²) in [6.07, 6.45) is 1.75. The highest BCUT2D eigenvalue weighted by Gasteiger charge is 2.56. The normalized spacial score (nSPS) is 22.6. The first-order valence-electron chi connectivity index (χ1n) is 11.3. The van der Waals surface area contributed by atoms with E-state index in [1.54, 1.807) is 6.20 Å². The molecule has 0 aliphatic heterocycles. The summed E-state index contributed by atoms with van der Waals surface area (Å²) in [5, 5.41) is 1.96. The third kappa shape index (κ3) is 2.05. The SMILES string of the molecule is [2H]c1c([2H])c([2H])c(-c2cc3cc4c(cc3cn2)C(C)(C)C(C)(C)C4(C)C)c([2H])c1[2H]. The van der Waals surface area contributed by atoms with Crippen molar-refractivity contribution in [2.45, 2.75) is 52.4 Å². The fraction of sp³-hybridized carbons (Fsp3) is 0.375. The van der Waals surface area contributed by atoms with Gasteiger partial charge in [0.2, 0.25) is 0 Å². The molecular formula is C24H27N. The summed E-state index contributed by atoms with van der Waals surface area (Å²) in [4.78, 5) is 4.49. The molecule has 2 aromatic carbocycles. The highest BCUT2D eigenvalue weighted by atomic mass is 14.7. The van der Waals surface area contributed by atoms with Crippen LogP contribution in [0.1, 0.15) is 59.5 Å². The lowest BCUT2D eigenvalue weighted by atomic mass is 9.59. The second kappa shape index (κ2) is 4.94. The third-order valence-electron chi connectivity index (χ3n) is 7.09. The largest absolute Gasteiger partial charge is 0.256 e. The van der Waals surface area contributed by atoms with Gasteiger partial charge in [-0.3, -0.25) is 4.98 Å². The lowest BCUT2D eigenvalue weighted by Gasteiger charge is -2.44. The van der Waals surface area contributed by atoms with E-state index in [1.807, 2.05) is 6.07 Å². The molecule has 0 saturated heterocycles. The monoisotopic (exact) mass is 334 g/mol. The van der Waals surface area contributed by atoms with Gasteiger partial charge in [-0.05, 0) is 44.9 Å². The first-order chi connectivity index (χ1) is 13.7. The molecule has 0 spiro atoms. The number of benzene rings is 2. The summed E-state index contributed by atoms with van der Waals surface area (Å²) in [5.74, 6) is 0. The predicted octanol–water partition coefficient (Wildman–Crippen LogP) is 6.50. The van der Waals surface area contributed by atoms with Gasteiger partial charge in [-0.25, -0.2) is 0 Å². The van der Waals surface area contributed by atoms with E-state index < -0.39 is 6.04 Å². The van der Waals surface area contributed by atoms with Crippen LogP contribution in [-0.2, 0) is 10.8 Å². The Morgan fingerprint density at radius 2 is 1.32 bits per heavy atom. The highest BCUT2D eigenvalue weighted by Crippen LogP contribution is 2.61. The summed E-state index contributed by atoms with van der Waals surface area (Å²) < 4.78 is 40.2. The van der Waals surface area contributed by atoms with Crippen LogP contribution in [0.5, 0.6) is 0 Å². The van der Waals surface area contributed by atoms with Gasteiger partial charge in [-0.1, -0.05) is 77.8 Å². The number of hydrogen-bond acceptors (Lipinski definition) is 1. The van der Waals surface area contributed by atoms with Crippen molar-refractivity contribution >= 4 is 10.8 Å². The summed E-state index contributed by atoms with van der Waals surface area (Å²) in [7, 11) is 0. The van der Waals surface area contributed by atoms with Crippen LogP contribution in [0.25, 0.3) is 22.0 Å². The Kier molecular flexibility index (Phi) is 2.26. The molecular weight excluding hydrogens is 302 g/mol. The van der Waals surface area contributed by atoms with E-state index in [0.717, 1.165) is 10.8 Å². The van der Waals surface area contributed by atoms with Gasteiger partial charge < -0.3 is 0 Å². The van der Waals surface area contributed by atoms with Gasteiger partial charge in [0.25, 0.3) is 0 Å². The quantitative estimate of drug-likeness (QED) is 0.495. The van der Waals surface area contributed by atoms with Crippen LogP contribution in [0.3, 0.4) is 0 Å². The summed E-state index contributed by atoms with van der Waals surface area (Å²) in [6, 6.07) is 4.73. The zero-order valence-electron chi connectivity index (χ0n) is 20.8. The number of fused-ring (bicyclic) bond motifs is 2. The van der Waals surface area contributed by atoms with Crippen LogP contribution in [0, 0.1) is 5.41 Å². The van der Waals surface area contributed by atoms with Crippen LogP contribution < -0.4 is 0 Å². The van der Waals surface area contributed by atoms with Gasteiger partial charge in [0.15, 0.2) is 0 Å². The molecule has 25 heavy (non-hydrogen) atoms. The van der Waals surface area contributed by atoms with Gasteiger partial charge in [0.1, 0.15) is 0 Å². The summed E-state index contributed by atoms with van der Waals surface area (Å²) in [6.45, 7) is 13.8. The van der Waals surface area contributed by atoms with E-state index in [-0.39, 0.29) is 46.0 Å². The van der Waals surface area contributed by atoms with Gasteiger partial charge in [-0.15, -0.1) is 0 Å². The van der Waals surface area contributed by atoms with Crippen LogP contribution in [0.15, 0.2) is 54.6 Å². The molecule has 1 nitrogen and oxygen atoms in total. The minimum Gasteiger partial charge on any atom is -0.256 e. The smallest absolute Gasteiger partial charge is 0.0708 e. The Balaban J connectivity index is 2.00. The second-order valence-electron chi connectivity index (χ2n) is 8.69. The minimum absolute atomic E-state index is 0.00834. The van der Waals surface area contributed by atoms with E-state index in [1.165, 1.54) is 11.1 Å². The van der Waals surface area contributed by atoms with Gasteiger partial charge in [-0.2, -0.15) is 0 Å². The predicted molar refractivity (Wildman–Crippen MR) is 107 cm³/mol. The lowest BCUT2D eigenvalue weighted by Crippen LogP contribution is -2.42. The van der Waals surface area contributed by atoms with Crippen molar-refractivity contribution in [3.05, 3.63) is 65.7 Å². The molecule has 0 atom stereocenters. The Morgan fingerprint density at radius 1 is 0.760 bits per heavy atom. The highest BCUT2D eigenvalue weighted by molar-refractivity contribution is 5.87. The van der Waals surface area contributed by atoms with Gasteiger partial charge >= 0.3 is 0 Å². The Bertz CT molecular complexity index is 1200. The molecule has 0 fully saturated rings. The Labute approximate surface area is 158 Å². The van der Waals surface area contributed by atoms with Crippen LogP contribution >= 0.6 is 0 Å². The van der Waals surface area contributed by atoms with Crippen molar-refractivity contribution in [1.29, 1.82) is 0 Å². The van der Waals surface area contributed by atoms with Crippen molar-refractivity contribution in [1.82, 2.24) is 4.98 Å². The summed E-state index contributed by atoms with van der Waals surface area (Å²) in [5.41, 5.74) is 3.15. The average molecular weight is 335 g/mol. The number of hydrogen-bond donors (Lipinski definition) is 0. The number of pyridine rings is 1. The molecule has 0 bridgehead atoms. The average Bonchev–Trinajstić information content (AvgIpc) is 2.78. The van der Waals surface area contributed by atoms with Crippen LogP contribution in [0.2, 0.25) is 0 Å². The lowest BCUT2D eigenvalue weighted by molar-refractivity contribution is 0.125. The van der Waals surface area contributed by atoms with Crippen LogP contribution in [0.4, 0.5) is 0 Å². The number of nitrogens with zero attached hydrogens (tertiary/aromatic N) is 1. The molecule has 0 amide bonds. The number of aromatic nitrogens is 1. The maximum Gasteiger partial charge on any atom is 0.0708 e. The fourth-order valence-electron chi connectivity index (χ4n) is 4.20. The molecule has 128 valence electrons. The first kappa shape index (κ1) is 11.5. The van der Waals surface area contributed by atoms with E-state index >= 15 is 0 Å².